The van der Waals surface area contributed by atoms with Crippen molar-refractivity contribution in [3.63, 3.8) is 0 Å². The minimum atomic E-state index is 0.463. The molecule has 0 aliphatic heterocycles. The SMILES string of the molecule is [c]1coc(-c2ncc[nH]2)n1. The summed E-state index contributed by atoms with van der Waals surface area (Å²) in [5, 5.41) is 0. The van der Waals surface area contributed by atoms with E-state index >= 15 is 0 Å². The van der Waals surface area contributed by atoms with Crippen LogP contribution in [-0.2, 0) is 0 Å². The molecule has 4 heteroatoms. The zero-order valence-corrected chi connectivity index (χ0v) is 5.03. The molecule has 1 radical (unpaired) electrons. The van der Waals surface area contributed by atoms with Crippen LogP contribution in [0.25, 0.3) is 11.7 Å². The van der Waals surface area contributed by atoms with Gasteiger partial charge in [0.15, 0.2) is 5.82 Å². The van der Waals surface area contributed by atoms with Gasteiger partial charge in [-0.25, -0.2) is 9.97 Å². The number of hydrogen-bond acceptors (Lipinski definition) is 3. The molecule has 2 aromatic rings. The third-order valence-corrected chi connectivity index (χ3v) is 1.09. The zero-order valence-electron chi connectivity index (χ0n) is 5.03. The Morgan fingerprint density at radius 2 is 2.60 bits per heavy atom. The van der Waals surface area contributed by atoms with Crippen molar-refractivity contribution < 1.29 is 4.42 Å². The predicted octanol–water partition coefficient (Wildman–Crippen LogP) is 0.865. The fourth-order valence-electron chi connectivity index (χ4n) is 0.684. The molecule has 0 aromatic carbocycles. The Balaban J connectivity index is 2.48. The van der Waals surface area contributed by atoms with E-state index in [0.717, 1.165) is 0 Å². The lowest BCUT2D eigenvalue weighted by molar-refractivity contribution is 0.570. The van der Waals surface area contributed by atoms with E-state index in [2.05, 4.69) is 21.1 Å². The Kier molecular flexibility index (Phi) is 1.04. The monoisotopic (exact) mass is 134 g/mol. The van der Waals surface area contributed by atoms with Crippen LogP contribution in [0.1, 0.15) is 0 Å². The summed E-state index contributed by atoms with van der Waals surface area (Å²) in [4.78, 5) is 10.6. The van der Waals surface area contributed by atoms with Crippen molar-refractivity contribution in [1.29, 1.82) is 0 Å². The molecule has 0 spiro atoms. The summed E-state index contributed by atoms with van der Waals surface area (Å²) in [6.45, 7) is 0. The van der Waals surface area contributed by atoms with Gasteiger partial charge in [0, 0.05) is 12.4 Å². The van der Waals surface area contributed by atoms with Gasteiger partial charge in [0.05, 0.1) is 0 Å². The van der Waals surface area contributed by atoms with Crippen molar-refractivity contribution in [2.24, 2.45) is 0 Å². The van der Waals surface area contributed by atoms with Crippen LogP contribution in [0.4, 0.5) is 0 Å². The number of nitrogens with one attached hydrogen (secondary N) is 1. The summed E-state index contributed by atoms with van der Waals surface area (Å²) in [7, 11) is 0. The molecule has 4 nitrogen and oxygen atoms in total. The van der Waals surface area contributed by atoms with E-state index in [-0.39, 0.29) is 0 Å². The normalized spacial score (nSPS) is 10.0. The summed E-state index contributed by atoms with van der Waals surface area (Å²) in [5.41, 5.74) is 0. The quantitative estimate of drug-likeness (QED) is 0.629. The largest absolute Gasteiger partial charge is 0.441 e. The van der Waals surface area contributed by atoms with Crippen LogP contribution in [0.15, 0.2) is 23.1 Å². The molecule has 2 heterocycles. The number of nitrogens with zero attached hydrogens (tertiary/aromatic N) is 2. The Morgan fingerprint density at radius 1 is 1.60 bits per heavy atom. The van der Waals surface area contributed by atoms with Gasteiger partial charge in [-0.3, -0.25) is 0 Å². The average molecular weight is 134 g/mol. The highest BCUT2D eigenvalue weighted by Crippen LogP contribution is 2.08. The lowest BCUT2D eigenvalue weighted by Gasteiger charge is -1.82. The van der Waals surface area contributed by atoms with E-state index in [1.807, 2.05) is 0 Å². The van der Waals surface area contributed by atoms with Gasteiger partial charge in [-0.05, 0) is 0 Å². The number of imidazole rings is 1. The minimum Gasteiger partial charge on any atom is -0.441 e. The van der Waals surface area contributed by atoms with Crippen molar-refractivity contribution in [1.82, 2.24) is 15.0 Å². The van der Waals surface area contributed by atoms with Crippen LogP contribution >= 0.6 is 0 Å². The topological polar surface area (TPSA) is 54.7 Å². The van der Waals surface area contributed by atoms with E-state index in [1.54, 1.807) is 12.4 Å². The minimum absolute atomic E-state index is 0.463. The second kappa shape index (κ2) is 1.98. The van der Waals surface area contributed by atoms with Crippen molar-refractivity contribution in [2.45, 2.75) is 0 Å². The highest BCUT2D eigenvalue weighted by atomic mass is 16.3. The standard InChI is InChI=1S/C6H4N3O/c1-2-8-5(7-1)6-9-3-4-10-6/h1-2,4H,(H,7,8). The Morgan fingerprint density at radius 3 is 3.20 bits per heavy atom. The predicted molar refractivity (Wildman–Crippen MR) is 32.9 cm³/mol. The summed E-state index contributed by atoms with van der Waals surface area (Å²) in [6, 6.07) is 0. The number of aromatic nitrogens is 3. The molecule has 10 heavy (non-hydrogen) atoms. The van der Waals surface area contributed by atoms with Crippen LogP contribution in [0.2, 0.25) is 0 Å². The molecule has 2 aromatic heterocycles. The lowest BCUT2D eigenvalue weighted by Crippen LogP contribution is -1.77. The Hall–Kier alpha value is -1.58. The van der Waals surface area contributed by atoms with E-state index in [0.29, 0.717) is 11.7 Å². The van der Waals surface area contributed by atoms with Crippen molar-refractivity contribution in [3.8, 4) is 11.7 Å². The number of oxazole rings is 1. The molecule has 2 rings (SSSR count). The average Bonchev–Trinajstić information content (AvgIpc) is 2.59. The molecule has 0 amide bonds. The summed E-state index contributed by atoms with van der Waals surface area (Å²) in [6.07, 6.45) is 7.27. The molecule has 0 bridgehead atoms. The lowest BCUT2D eigenvalue weighted by atomic mass is 10.6. The van der Waals surface area contributed by atoms with Crippen molar-refractivity contribution >= 4 is 0 Å². The van der Waals surface area contributed by atoms with E-state index in [1.165, 1.54) is 6.26 Å². The summed E-state index contributed by atoms with van der Waals surface area (Å²) in [5.74, 6) is 1.09. The Bertz CT molecular complexity index is 252. The first-order valence-corrected chi connectivity index (χ1v) is 2.78. The summed E-state index contributed by atoms with van der Waals surface area (Å²) < 4.78 is 4.92. The second-order valence-electron chi connectivity index (χ2n) is 1.72. The van der Waals surface area contributed by atoms with Crippen LogP contribution in [0.5, 0.6) is 0 Å². The molecular formula is C6H4N3O. The maximum absolute atomic E-state index is 4.92. The number of aromatic amines is 1. The van der Waals surface area contributed by atoms with E-state index in [4.69, 9.17) is 4.42 Å². The van der Waals surface area contributed by atoms with Crippen LogP contribution in [-0.4, -0.2) is 15.0 Å². The third kappa shape index (κ3) is 0.699. The molecule has 0 aliphatic carbocycles. The van der Waals surface area contributed by atoms with E-state index in [9.17, 15) is 0 Å². The van der Waals surface area contributed by atoms with Crippen LogP contribution < -0.4 is 0 Å². The van der Waals surface area contributed by atoms with Gasteiger partial charge in [-0.2, -0.15) is 0 Å². The van der Waals surface area contributed by atoms with E-state index < -0.39 is 0 Å². The molecule has 49 valence electrons. The molecule has 0 unspecified atom stereocenters. The van der Waals surface area contributed by atoms with Crippen molar-refractivity contribution in [2.75, 3.05) is 0 Å². The molecule has 1 N–H and O–H groups in total. The fraction of sp³-hybridized carbons (Fsp3) is 0. The van der Waals surface area contributed by atoms with Gasteiger partial charge in [0.25, 0.3) is 5.89 Å². The third-order valence-electron chi connectivity index (χ3n) is 1.09. The van der Waals surface area contributed by atoms with Gasteiger partial charge >= 0.3 is 0 Å². The first kappa shape index (κ1) is 5.22. The van der Waals surface area contributed by atoms with Crippen LogP contribution in [0, 0.1) is 6.20 Å². The maximum Gasteiger partial charge on any atom is 0.263 e. The molecule has 0 atom stereocenters. The van der Waals surface area contributed by atoms with Crippen LogP contribution in [0.3, 0.4) is 0 Å². The van der Waals surface area contributed by atoms with Crippen molar-refractivity contribution in [3.05, 3.63) is 24.9 Å². The van der Waals surface area contributed by atoms with Gasteiger partial charge in [-0.1, -0.05) is 0 Å². The number of H-pyrrole nitrogens is 1. The molecular weight excluding hydrogens is 130 g/mol. The maximum atomic E-state index is 4.92. The fourth-order valence-corrected chi connectivity index (χ4v) is 0.684. The van der Waals surface area contributed by atoms with Gasteiger partial charge in [0.2, 0.25) is 0 Å². The Labute approximate surface area is 56.9 Å². The number of hydrogen-bond donors (Lipinski definition) is 1. The molecule has 0 saturated heterocycles. The highest BCUT2D eigenvalue weighted by molar-refractivity contribution is 5.38. The van der Waals surface area contributed by atoms with Gasteiger partial charge in [0.1, 0.15) is 12.5 Å². The first-order chi connectivity index (χ1) is 4.97. The molecule has 0 aliphatic rings. The highest BCUT2D eigenvalue weighted by Gasteiger charge is 2.01. The first-order valence-electron chi connectivity index (χ1n) is 2.78. The zero-order chi connectivity index (χ0) is 6.81. The molecule has 0 fully saturated rings. The summed E-state index contributed by atoms with van der Waals surface area (Å²) >= 11 is 0. The molecule has 0 saturated carbocycles. The van der Waals surface area contributed by atoms with Gasteiger partial charge < -0.3 is 9.40 Å². The van der Waals surface area contributed by atoms with Gasteiger partial charge in [-0.15, -0.1) is 0 Å². The second-order valence-corrected chi connectivity index (χ2v) is 1.72. The number of rotatable bonds is 1. The smallest absolute Gasteiger partial charge is 0.263 e.